The molecule has 1 aliphatic heterocycles. The lowest BCUT2D eigenvalue weighted by atomic mass is 9.94. The van der Waals surface area contributed by atoms with Crippen molar-refractivity contribution in [3.8, 4) is 0 Å². The Morgan fingerprint density at radius 2 is 1.94 bits per heavy atom. The average molecular weight is 278 g/mol. The van der Waals surface area contributed by atoms with Crippen LogP contribution < -0.4 is 0 Å². The predicted molar refractivity (Wildman–Crippen MR) is 76.4 cm³/mol. The molecule has 18 heavy (non-hydrogen) atoms. The third-order valence-corrected chi connectivity index (χ3v) is 3.86. The highest BCUT2D eigenvalue weighted by Gasteiger charge is 2.13. The number of halogens is 1. The van der Waals surface area contributed by atoms with E-state index >= 15 is 0 Å². The Morgan fingerprint density at radius 3 is 2.61 bits per heavy atom. The Bertz CT molecular complexity index is 187. The Hall–Kier alpha value is 0.170. The zero-order chi connectivity index (χ0) is 13.1. The van der Waals surface area contributed by atoms with Gasteiger partial charge in [0, 0.05) is 39.3 Å². The van der Waals surface area contributed by atoms with E-state index in [4.69, 9.17) is 21.1 Å². The topological polar surface area (TPSA) is 21.7 Å². The van der Waals surface area contributed by atoms with Crippen LogP contribution in [0.1, 0.15) is 32.1 Å². The maximum absolute atomic E-state index is 5.81. The maximum atomic E-state index is 5.81. The van der Waals surface area contributed by atoms with Crippen LogP contribution in [0.3, 0.4) is 0 Å². The molecule has 0 amide bonds. The molecule has 1 heterocycles. The third-order valence-electron chi connectivity index (χ3n) is 3.69. The molecule has 0 unspecified atom stereocenters. The first kappa shape index (κ1) is 16.2. The molecular formula is C14H28ClNO2. The van der Waals surface area contributed by atoms with Crippen molar-refractivity contribution in [3.63, 3.8) is 0 Å². The molecule has 1 rings (SSSR count). The Kier molecular flexibility index (Phi) is 9.95. The van der Waals surface area contributed by atoms with E-state index in [0.29, 0.717) is 5.88 Å². The van der Waals surface area contributed by atoms with E-state index in [2.05, 4.69) is 4.90 Å². The highest BCUT2D eigenvalue weighted by Crippen LogP contribution is 2.20. The van der Waals surface area contributed by atoms with Crippen LogP contribution in [-0.2, 0) is 9.47 Å². The molecule has 1 fully saturated rings. The number of rotatable bonds is 10. The second-order valence-electron chi connectivity index (χ2n) is 5.07. The van der Waals surface area contributed by atoms with Crippen LogP contribution in [0.5, 0.6) is 0 Å². The molecule has 0 N–H and O–H groups in total. The first-order valence-electron chi connectivity index (χ1n) is 7.21. The van der Waals surface area contributed by atoms with Gasteiger partial charge in [-0.2, -0.15) is 0 Å². The van der Waals surface area contributed by atoms with Gasteiger partial charge in [-0.05, 0) is 31.7 Å². The SMILES string of the molecule is COCCN(CCCl)CCCCC1CCOCC1. The smallest absolute Gasteiger partial charge is 0.0589 e. The molecule has 0 bridgehead atoms. The van der Waals surface area contributed by atoms with Gasteiger partial charge in [-0.15, -0.1) is 11.6 Å². The summed E-state index contributed by atoms with van der Waals surface area (Å²) in [6, 6.07) is 0. The normalized spacial score (nSPS) is 17.5. The fourth-order valence-corrected chi connectivity index (χ4v) is 2.72. The quantitative estimate of drug-likeness (QED) is 0.453. The second kappa shape index (κ2) is 11.0. The van der Waals surface area contributed by atoms with Crippen LogP contribution in [0.2, 0.25) is 0 Å². The number of hydrogen-bond donors (Lipinski definition) is 0. The van der Waals surface area contributed by atoms with Crippen LogP contribution in [-0.4, -0.2) is 57.3 Å². The van der Waals surface area contributed by atoms with Gasteiger partial charge >= 0.3 is 0 Å². The van der Waals surface area contributed by atoms with E-state index in [9.17, 15) is 0 Å². The second-order valence-corrected chi connectivity index (χ2v) is 5.45. The molecule has 0 aromatic heterocycles. The number of ether oxygens (including phenoxy) is 2. The Balaban J connectivity index is 2.02. The van der Waals surface area contributed by atoms with Crippen molar-refractivity contribution < 1.29 is 9.47 Å². The summed E-state index contributed by atoms with van der Waals surface area (Å²) in [5.74, 6) is 1.61. The summed E-state index contributed by atoms with van der Waals surface area (Å²) in [5.41, 5.74) is 0. The molecule has 0 radical (unpaired) electrons. The van der Waals surface area contributed by atoms with E-state index in [1.54, 1.807) is 7.11 Å². The number of hydrogen-bond acceptors (Lipinski definition) is 3. The maximum Gasteiger partial charge on any atom is 0.0589 e. The lowest BCUT2D eigenvalue weighted by Gasteiger charge is -2.23. The minimum absolute atomic E-state index is 0.712. The number of alkyl halides is 1. The van der Waals surface area contributed by atoms with Gasteiger partial charge < -0.3 is 9.47 Å². The summed E-state index contributed by atoms with van der Waals surface area (Å²) in [5, 5.41) is 0. The summed E-state index contributed by atoms with van der Waals surface area (Å²) in [6.07, 6.45) is 6.49. The van der Waals surface area contributed by atoms with Crippen molar-refractivity contribution in [3.05, 3.63) is 0 Å². The molecule has 108 valence electrons. The molecular weight excluding hydrogens is 250 g/mol. The molecule has 3 nitrogen and oxygen atoms in total. The third kappa shape index (κ3) is 7.57. The summed E-state index contributed by atoms with van der Waals surface area (Å²) < 4.78 is 10.5. The van der Waals surface area contributed by atoms with E-state index in [-0.39, 0.29) is 0 Å². The largest absolute Gasteiger partial charge is 0.383 e. The van der Waals surface area contributed by atoms with Crippen molar-refractivity contribution in [2.75, 3.05) is 52.4 Å². The van der Waals surface area contributed by atoms with Gasteiger partial charge in [-0.25, -0.2) is 0 Å². The van der Waals surface area contributed by atoms with Crippen LogP contribution in [0.25, 0.3) is 0 Å². The molecule has 0 aromatic rings. The van der Waals surface area contributed by atoms with Gasteiger partial charge in [0.15, 0.2) is 0 Å². The van der Waals surface area contributed by atoms with Crippen LogP contribution in [0.15, 0.2) is 0 Å². The number of nitrogens with zero attached hydrogens (tertiary/aromatic N) is 1. The number of unbranched alkanes of at least 4 members (excludes halogenated alkanes) is 1. The van der Waals surface area contributed by atoms with Gasteiger partial charge in [-0.1, -0.05) is 12.8 Å². The lowest BCUT2D eigenvalue weighted by molar-refractivity contribution is 0.0628. The molecule has 1 saturated heterocycles. The molecule has 0 atom stereocenters. The van der Waals surface area contributed by atoms with E-state index < -0.39 is 0 Å². The monoisotopic (exact) mass is 277 g/mol. The Labute approximate surface area is 117 Å². The summed E-state index contributed by atoms with van der Waals surface area (Å²) in [4.78, 5) is 2.40. The highest BCUT2D eigenvalue weighted by molar-refractivity contribution is 6.18. The van der Waals surface area contributed by atoms with Crippen molar-refractivity contribution in [1.29, 1.82) is 0 Å². The highest BCUT2D eigenvalue weighted by atomic mass is 35.5. The standard InChI is InChI=1S/C14H28ClNO2/c1-17-13-10-16(9-7-15)8-3-2-4-14-5-11-18-12-6-14/h14H,2-13H2,1H3. The molecule has 0 saturated carbocycles. The van der Waals surface area contributed by atoms with Crippen molar-refractivity contribution >= 4 is 11.6 Å². The minimum Gasteiger partial charge on any atom is -0.383 e. The molecule has 0 aromatic carbocycles. The first-order valence-corrected chi connectivity index (χ1v) is 7.75. The zero-order valence-corrected chi connectivity index (χ0v) is 12.5. The average Bonchev–Trinajstić information content (AvgIpc) is 2.42. The molecule has 1 aliphatic rings. The fraction of sp³-hybridized carbons (Fsp3) is 1.00. The first-order chi connectivity index (χ1) is 8.86. The molecule has 0 spiro atoms. The molecule has 4 heteroatoms. The predicted octanol–water partition coefficient (Wildman–Crippen LogP) is 2.77. The summed E-state index contributed by atoms with van der Waals surface area (Å²) >= 11 is 5.81. The van der Waals surface area contributed by atoms with Gasteiger partial charge in [0.25, 0.3) is 0 Å². The van der Waals surface area contributed by atoms with E-state index in [1.165, 1.54) is 32.1 Å². The van der Waals surface area contributed by atoms with Crippen LogP contribution in [0.4, 0.5) is 0 Å². The zero-order valence-electron chi connectivity index (χ0n) is 11.7. The van der Waals surface area contributed by atoms with Gasteiger partial charge in [0.2, 0.25) is 0 Å². The van der Waals surface area contributed by atoms with E-state index in [0.717, 1.165) is 45.4 Å². The van der Waals surface area contributed by atoms with Gasteiger partial charge in [-0.3, -0.25) is 4.90 Å². The summed E-state index contributed by atoms with van der Waals surface area (Å²) in [7, 11) is 1.75. The van der Waals surface area contributed by atoms with E-state index in [1.807, 2.05) is 0 Å². The number of methoxy groups -OCH3 is 1. The van der Waals surface area contributed by atoms with Gasteiger partial charge in [0.05, 0.1) is 6.61 Å². The summed E-state index contributed by atoms with van der Waals surface area (Å²) in [6.45, 7) is 5.87. The Morgan fingerprint density at radius 1 is 1.17 bits per heavy atom. The van der Waals surface area contributed by atoms with Crippen molar-refractivity contribution in [1.82, 2.24) is 4.90 Å². The fourth-order valence-electron chi connectivity index (χ4n) is 2.48. The molecule has 0 aliphatic carbocycles. The van der Waals surface area contributed by atoms with Gasteiger partial charge in [0.1, 0.15) is 0 Å². The van der Waals surface area contributed by atoms with Crippen LogP contribution in [0, 0.1) is 5.92 Å². The van der Waals surface area contributed by atoms with Crippen molar-refractivity contribution in [2.45, 2.75) is 32.1 Å². The lowest BCUT2D eigenvalue weighted by Crippen LogP contribution is -2.30. The minimum atomic E-state index is 0.712. The van der Waals surface area contributed by atoms with Crippen molar-refractivity contribution in [2.24, 2.45) is 5.92 Å². The van der Waals surface area contributed by atoms with Crippen LogP contribution >= 0.6 is 11.6 Å².